The average Bonchev–Trinajstić information content (AvgIpc) is 2.82. The standard InChI is InChI=1S/C14H9ClN2O2/c15-10-6-4-9(5-7-10)11-8-17-12(14(18)19)2-1-3-13(17)16-11/h1-8H,(H,18,19). The van der Waals surface area contributed by atoms with Crippen LogP contribution in [0.25, 0.3) is 16.9 Å². The maximum absolute atomic E-state index is 11.1. The molecule has 2 aromatic heterocycles. The summed E-state index contributed by atoms with van der Waals surface area (Å²) < 4.78 is 1.56. The van der Waals surface area contributed by atoms with Crippen molar-refractivity contribution in [3.05, 3.63) is 59.4 Å². The quantitative estimate of drug-likeness (QED) is 0.778. The Kier molecular flexibility index (Phi) is 2.72. The third-order valence-corrected chi connectivity index (χ3v) is 3.10. The van der Waals surface area contributed by atoms with Crippen molar-refractivity contribution in [3.63, 3.8) is 0 Å². The molecule has 0 aliphatic carbocycles. The van der Waals surface area contributed by atoms with E-state index in [4.69, 9.17) is 16.7 Å². The number of fused-ring (bicyclic) bond motifs is 1. The molecule has 0 atom stereocenters. The largest absolute Gasteiger partial charge is 0.477 e. The van der Waals surface area contributed by atoms with Crippen molar-refractivity contribution in [2.75, 3.05) is 0 Å². The van der Waals surface area contributed by atoms with E-state index < -0.39 is 5.97 Å². The predicted molar refractivity (Wildman–Crippen MR) is 72.6 cm³/mol. The van der Waals surface area contributed by atoms with Gasteiger partial charge in [0.1, 0.15) is 11.3 Å². The van der Waals surface area contributed by atoms with Crippen LogP contribution in [-0.4, -0.2) is 20.5 Å². The van der Waals surface area contributed by atoms with Crippen molar-refractivity contribution < 1.29 is 9.90 Å². The summed E-state index contributed by atoms with van der Waals surface area (Å²) in [5.74, 6) is -0.981. The molecule has 5 heteroatoms. The lowest BCUT2D eigenvalue weighted by Crippen LogP contribution is -2.03. The van der Waals surface area contributed by atoms with Crippen LogP contribution in [-0.2, 0) is 0 Å². The van der Waals surface area contributed by atoms with E-state index in [0.717, 1.165) is 5.56 Å². The molecule has 94 valence electrons. The molecule has 0 fully saturated rings. The maximum Gasteiger partial charge on any atom is 0.352 e. The zero-order chi connectivity index (χ0) is 13.4. The van der Waals surface area contributed by atoms with E-state index in [-0.39, 0.29) is 5.69 Å². The van der Waals surface area contributed by atoms with E-state index in [1.54, 1.807) is 40.9 Å². The van der Waals surface area contributed by atoms with E-state index in [1.165, 1.54) is 0 Å². The molecule has 3 rings (SSSR count). The highest BCUT2D eigenvalue weighted by Crippen LogP contribution is 2.22. The number of imidazole rings is 1. The molecule has 0 unspecified atom stereocenters. The van der Waals surface area contributed by atoms with Crippen molar-refractivity contribution in [3.8, 4) is 11.3 Å². The highest BCUT2D eigenvalue weighted by Gasteiger charge is 2.11. The van der Waals surface area contributed by atoms with Gasteiger partial charge in [-0.2, -0.15) is 0 Å². The van der Waals surface area contributed by atoms with E-state index in [0.29, 0.717) is 16.4 Å². The Bertz CT molecular complexity index is 763. The molecule has 4 nitrogen and oxygen atoms in total. The zero-order valence-electron chi connectivity index (χ0n) is 9.75. The van der Waals surface area contributed by atoms with Crippen molar-refractivity contribution in [2.24, 2.45) is 0 Å². The number of nitrogens with zero attached hydrogens (tertiary/aromatic N) is 2. The van der Waals surface area contributed by atoms with E-state index in [9.17, 15) is 4.79 Å². The molecule has 0 amide bonds. The number of halogens is 1. The number of benzene rings is 1. The number of rotatable bonds is 2. The van der Waals surface area contributed by atoms with Gasteiger partial charge in [0.05, 0.1) is 5.69 Å². The highest BCUT2D eigenvalue weighted by molar-refractivity contribution is 6.30. The summed E-state index contributed by atoms with van der Waals surface area (Å²) in [5.41, 5.74) is 2.39. The van der Waals surface area contributed by atoms with Gasteiger partial charge in [-0.25, -0.2) is 9.78 Å². The van der Waals surface area contributed by atoms with Crippen LogP contribution in [0.3, 0.4) is 0 Å². The topological polar surface area (TPSA) is 54.6 Å². The molecule has 0 spiro atoms. The molecular weight excluding hydrogens is 264 g/mol. The second-order valence-corrected chi connectivity index (χ2v) is 4.51. The molecule has 1 N–H and O–H groups in total. The predicted octanol–water partition coefficient (Wildman–Crippen LogP) is 3.35. The Labute approximate surface area is 113 Å². The van der Waals surface area contributed by atoms with Crippen LogP contribution in [0.2, 0.25) is 5.02 Å². The Balaban J connectivity index is 2.19. The van der Waals surface area contributed by atoms with Gasteiger partial charge in [0.2, 0.25) is 0 Å². The van der Waals surface area contributed by atoms with Gasteiger partial charge in [0.15, 0.2) is 0 Å². The Morgan fingerprint density at radius 2 is 1.89 bits per heavy atom. The minimum absolute atomic E-state index is 0.185. The van der Waals surface area contributed by atoms with Crippen LogP contribution in [0.15, 0.2) is 48.7 Å². The number of pyridine rings is 1. The monoisotopic (exact) mass is 272 g/mol. The van der Waals surface area contributed by atoms with Crippen molar-refractivity contribution in [1.82, 2.24) is 9.38 Å². The first kappa shape index (κ1) is 11.7. The number of hydrogen-bond acceptors (Lipinski definition) is 2. The molecule has 0 radical (unpaired) electrons. The van der Waals surface area contributed by atoms with Gasteiger partial charge in [0, 0.05) is 16.8 Å². The van der Waals surface area contributed by atoms with Gasteiger partial charge >= 0.3 is 5.97 Å². The lowest BCUT2D eigenvalue weighted by Gasteiger charge is -1.98. The second kappa shape index (κ2) is 4.40. The second-order valence-electron chi connectivity index (χ2n) is 4.08. The minimum Gasteiger partial charge on any atom is -0.477 e. The van der Waals surface area contributed by atoms with Crippen molar-refractivity contribution in [2.45, 2.75) is 0 Å². The molecule has 1 aromatic carbocycles. The first-order valence-corrected chi connectivity index (χ1v) is 6.00. The molecule has 3 aromatic rings. The van der Waals surface area contributed by atoms with Gasteiger partial charge in [-0.3, -0.25) is 4.40 Å². The number of hydrogen-bond donors (Lipinski definition) is 1. The average molecular weight is 273 g/mol. The molecule has 0 saturated heterocycles. The fourth-order valence-corrected chi connectivity index (χ4v) is 2.07. The Hall–Kier alpha value is -2.33. The van der Waals surface area contributed by atoms with Crippen LogP contribution in [0, 0.1) is 0 Å². The van der Waals surface area contributed by atoms with Crippen LogP contribution < -0.4 is 0 Å². The van der Waals surface area contributed by atoms with Gasteiger partial charge < -0.3 is 5.11 Å². The Morgan fingerprint density at radius 1 is 1.16 bits per heavy atom. The van der Waals surface area contributed by atoms with Crippen LogP contribution in [0.5, 0.6) is 0 Å². The SMILES string of the molecule is O=C(O)c1cccc2nc(-c3ccc(Cl)cc3)cn12. The fourth-order valence-electron chi connectivity index (χ4n) is 1.94. The molecule has 19 heavy (non-hydrogen) atoms. The molecular formula is C14H9ClN2O2. The highest BCUT2D eigenvalue weighted by atomic mass is 35.5. The summed E-state index contributed by atoms with van der Waals surface area (Å²) in [6.45, 7) is 0. The summed E-state index contributed by atoms with van der Waals surface area (Å²) in [7, 11) is 0. The summed E-state index contributed by atoms with van der Waals surface area (Å²) in [6.07, 6.45) is 1.71. The summed E-state index contributed by atoms with van der Waals surface area (Å²) in [6, 6.07) is 12.2. The number of carbonyl (C=O) groups is 1. The van der Waals surface area contributed by atoms with Gasteiger partial charge in [-0.05, 0) is 24.3 Å². The van der Waals surface area contributed by atoms with E-state index >= 15 is 0 Å². The molecule has 2 heterocycles. The van der Waals surface area contributed by atoms with Crippen molar-refractivity contribution in [1.29, 1.82) is 0 Å². The van der Waals surface area contributed by atoms with Gasteiger partial charge in [-0.15, -0.1) is 0 Å². The normalized spacial score (nSPS) is 10.8. The minimum atomic E-state index is -0.981. The summed E-state index contributed by atoms with van der Waals surface area (Å²) in [5, 5.41) is 9.78. The zero-order valence-corrected chi connectivity index (χ0v) is 10.5. The number of aromatic carboxylic acids is 1. The van der Waals surface area contributed by atoms with Crippen LogP contribution >= 0.6 is 11.6 Å². The Morgan fingerprint density at radius 3 is 2.58 bits per heavy atom. The smallest absolute Gasteiger partial charge is 0.352 e. The number of aromatic nitrogens is 2. The molecule has 0 saturated carbocycles. The summed E-state index contributed by atoms with van der Waals surface area (Å²) >= 11 is 5.84. The first-order chi connectivity index (χ1) is 9.15. The summed E-state index contributed by atoms with van der Waals surface area (Å²) in [4.78, 5) is 15.6. The van der Waals surface area contributed by atoms with Crippen LogP contribution in [0.1, 0.15) is 10.5 Å². The van der Waals surface area contributed by atoms with Gasteiger partial charge in [-0.1, -0.05) is 29.8 Å². The number of carboxylic acids is 1. The first-order valence-electron chi connectivity index (χ1n) is 5.62. The molecule has 0 aliphatic rings. The fraction of sp³-hybridized carbons (Fsp3) is 0. The lowest BCUT2D eigenvalue weighted by molar-refractivity contribution is 0.0689. The van der Waals surface area contributed by atoms with Crippen molar-refractivity contribution >= 4 is 23.2 Å². The van der Waals surface area contributed by atoms with Crippen LogP contribution in [0.4, 0.5) is 0 Å². The van der Waals surface area contributed by atoms with E-state index in [1.807, 2.05) is 12.1 Å². The van der Waals surface area contributed by atoms with Gasteiger partial charge in [0.25, 0.3) is 0 Å². The van der Waals surface area contributed by atoms with E-state index in [2.05, 4.69) is 4.98 Å². The third-order valence-electron chi connectivity index (χ3n) is 2.85. The molecule has 0 aliphatic heterocycles. The number of carboxylic acid groups (broad SMARTS) is 1. The molecule has 0 bridgehead atoms. The lowest BCUT2D eigenvalue weighted by atomic mass is 10.2. The maximum atomic E-state index is 11.1. The third kappa shape index (κ3) is 2.06.